The van der Waals surface area contributed by atoms with E-state index in [-0.39, 0.29) is 0 Å². The largest absolute Gasteiger partial charge is 0.0796 e. The van der Waals surface area contributed by atoms with Crippen LogP contribution in [-0.2, 0) is 0 Å². The fourth-order valence-electron chi connectivity index (χ4n) is 1.73. The lowest BCUT2D eigenvalue weighted by Gasteiger charge is -2.11. The molecule has 1 rings (SSSR count). The van der Waals surface area contributed by atoms with Crippen molar-refractivity contribution in [1.82, 2.24) is 0 Å². The molecule has 0 atom stereocenters. The first-order valence-corrected chi connectivity index (χ1v) is 4.64. The summed E-state index contributed by atoms with van der Waals surface area (Å²) in [6.45, 7) is 8.50. The Morgan fingerprint density at radius 3 is 2.73 bits per heavy atom. The minimum Gasteiger partial charge on any atom is -0.0796 e. The number of hydrogen-bond acceptors (Lipinski definition) is 0. The smallest absolute Gasteiger partial charge is 0.0169 e. The summed E-state index contributed by atoms with van der Waals surface area (Å²) < 4.78 is 0. The average Bonchev–Trinajstić information content (AvgIpc) is 2.26. The van der Waals surface area contributed by atoms with E-state index < -0.39 is 0 Å². The van der Waals surface area contributed by atoms with Gasteiger partial charge in [-0.05, 0) is 31.1 Å². The van der Waals surface area contributed by atoms with Crippen LogP contribution in [0.15, 0.2) is 11.6 Å². The molecular weight excluding hydrogens is 132 g/mol. The highest BCUT2D eigenvalue weighted by molar-refractivity contribution is 5.14. The highest BCUT2D eigenvalue weighted by atomic mass is 14.3. The third-order valence-electron chi connectivity index (χ3n) is 2.43. The maximum absolute atomic E-state index is 3.86. The first kappa shape index (κ1) is 8.83. The normalized spacial score (nSPS) is 21.9. The van der Waals surface area contributed by atoms with Gasteiger partial charge in [0, 0.05) is 0 Å². The molecule has 11 heavy (non-hydrogen) atoms. The topological polar surface area (TPSA) is 0 Å². The van der Waals surface area contributed by atoms with E-state index in [2.05, 4.69) is 26.8 Å². The molecule has 0 aromatic heterocycles. The van der Waals surface area contributed by atoms with Gasteiger partial charge in [0.1, 0.15) is 0 Å². The number of rotatable bonds is 3. The molecule has 0 spiro atoms. The van der Waals surface area contributed by atoms with Crippen LogP contribution in [0.5, 0.6) is 0 Å². The lowest BCUT2D eigenvalue weighted by Crippen LogP contribution is -2.00. The predicted molar refractivity (Wildman–Crippen MR) is 50.3 cm³/mol. The quantitative estimate of drug-likeness (QED) is 0.539. The second-order valence-corrected chi connectivity index (χ2v) is 4.25. The molecule has 0 unspecified atom stereocenters. The van der Waals surface area contributed by atoms with Gasteiger partial charge in [-0.1, -0.05) is 38.8 Å². The molecule has 0 nitrogen and oxygen atoms in total. The molecule has 1 radical (unpaired) electrons. The van der Waals surface area contributed by atoms with Crippen LogP contribution in [0.3, 0.4) is 0 Å². The van der Waals surface area contributed by atoms with Gasteiger partial charge >= 0.3 is 0 Å². The second-order valence-electron chi connectivity index (χ2n) is 4.25. The lowest BCUT2D eigenvalue weighted by molar-refractivity contribution is 0.470. The van der Waals surface area contributed by atoms with Crippen LogP contribution in [-0.4, -0.2) is 0 Å². The maximum atomic E-state index is 3.86. The van der Waals surface area contributed by atoms with Crippen LogP contribution in [0.25, 0.3) is 0 Å². The van der Waals surface area contributed by atoms with Crippen molar-refractivity contribution in [2.24, 2.45) is 5.41 Å². The van der Waals surface area contributed by atoms with Crippen LogP contribution < -0.4 is 0 Å². The molecule has 1 aliphatic rings. The highest BCUT2D eigenvalue weighted by Gasteiger charge is 2.21. The average molecular weight is 151 g/mol. The Morgan fingerprint density at radius 1 is 1.55 bits per heavy atom. The van der Waals surface area contributed by atoms with E-state index in [4.69, 9.17) is 0 Å². The Hall–Kier alpha value is -0.260. The minimum absolute atomic E-state index is 0.483. The zero-order valence-electron chi connectivity index (χ0n) is 7.82. The van der Waals surface area contributed by atoms with Crippen LogP contribution in [0.4, 0.5) is 0 Å². The zero-order valence-corrected chi connectivity index (χ0v) is 7.82. The van der Waals surface area contributed by atoms with Crippen molar-refractivity contribution < 1.29 is 0 Å². The standard InChI is InChI=1S/C11H19/c1-4-5-6-10-7-8-11(2,3)9-10/h9H,1,4-8H2,2-3H3. The Balaban J connectivity index is 2.37. The van der Waals surface area contributed by atoms with Gasteiger partial charge in [0.05, 0.1) is 0 Å². The van der Waals surface area contributed by atoms with E-state index >= 15 is 0 Å². The van der Waals surface area contributed by atoms with Crippen LogP contribution in [0.1, 0.15) is 46.0 Å². The van der Waals surface area contributed by atoms with E-state index in [1.807, 2.05) is 0 Å². The molecule has 0 heteroatoms. The van der Waals surface area contributed by atoms with Gasteiger partial charge in [-0.2, -0.15) is 0 Å². The molecule has 0 fully saturated rings. The molecule has 0 amide bonds. The molecule has 0 bridgehead atoms. The van der Waals surface area contributed by atoms with Gasteiger partial charge in [0.15, 0.2) is 0 Å². The molecule has 0 aromatic rings. The summed E-state index contributed by atoms with van der Waals surface area (Å²) in [5.41, 5.74) is 2.15. The van der Waals surface area contributed by atoms with Crippen LogP contribution in [0, 0.1) is 12.3 Å². The van der Waals surface area contributed by atoms with Gasteiger partial charge < -0.3 is 0 Å². The molecule has 0 aromatic carbocycles. The SMILES string of the molecule is [CH2]CCCC1=CC(C)(C)CC1. The Morgan fingerprint density at radius 2 is 2.27 bits per heavy atom. The number of unbranched alkanes of at least 4 members (excludes halogenated alkanes) is 1. The molecule has 0 saturated heterocycles. The summed E-state index contributed by atoms with van der Waals surface area (Å²) in [4.78, 5) is 0. The Kier molecular flexibility index (Phi) is 2.75. The predicted octanol–water partition coefficient (Wildman–Crippen LogP) is 3.74. The minimum atomic E-state index is 0.483. The molecule has 0 N–H and O–H groups in total. The van der Waals surface area contributed by atoms with E-state index in [1.54, 1.807) is 5.57 Å². The van der Waals surface area contributed by atoms with Gasteiger partial charge in [0.2, 0.25) is 0 Å². The summed E-state index contributed by atoms with van der Waals surface area (Å²) in [6, 6.07) is 0. The van der Waals surface area contributed by atoms with Crippen molar-refractivity contribution in [2.45, 2.75) is 46.0 Å². The van der Waals surface area contributed by atoms with Crippen molar-refractivity contribution in [3.8, 4) is 0 Å². The summed E-state index contributed by atoms with van der Waals surface area (Å²) in [5, 5.41) is 0. The van der Waals surface area contributed by atoms with Crippen LogP contribution >= 0.6 is 0 Å². The Bertz CT molecular complexity index is 151. The van der Waals surface area contributed by atoms with Crippen LogP contribution in [0.2, 0.25) is 0 Å². The zero-order chi connectivity index (χ0) is 8.32. The number of hydrogen-bond donors (Lipinski definition) is 0. The summed E-state index contributed by atoms with van der Waals surface area (Å²) >= 11 is 0. The molecular formula is C11H19. The lowest BCUT2D eigenvalue weighted by atomic mass is 9.94. The van der Waals surface area contributed by atoms with Crippen molar-refractivity contribution in [3.05, 3.63) is 18.6 Å². The number of allylic oxidation sites excluding steroid dienone is 2. The summed E-state index contributed by atoms with van der Waals surface area (Å²) in [5.74, 6) is 0. The van der Waals surface area contributed by atoms with Crippen molar-refractivity contribution in [2.75, 3.05) is 0 Å². The fourth-order valence-corrected chi connectivity index (χ4v) is 1.73. The maximum Gasteiger partial charge on any atom is -0.0169 e. The molecule has 1 aliphatic carbocycles. The fraction of sp³-hybridized carbons (Fsp3) is 0.727. The second kappa shape index (κ2) is 3.42. The Labute approximate surface area is 70.7 Å². The molecule has 0 aliphatic heterocycles. The van der Waals surface area contributed by atoms with Gasteiger partial charge in [-0.3, -0.25) is 0 Å². The summed E-state index contributed by atoms with van der Waals surface area (Å²) in [6.07, 6.45) is 8.77. The molecule has 63 valence electrons. The van der Waals surface area contributed by atoms with Crippen molar-refractivity contribution >= 4 is 0 Å². The van der Waals surface area contributed by atoms with E-state index in [0.29, 0.717) is 5.41 Å². The van der Waals surface area contributed by atoms with Gasteiger partial charge in [-0.25, -0.2) is 0 Å². The van der Waals surface area contributed by atoms with Crippen molar-refractivity contribution in [1.29, 1.82) is 0 Å². The summed E-state index contributed by atoms with van der Waals surface area (Å²) in [7, 11) is 0. The highest BCUT2D eigenvalue weighted by Crippen LogP contribution is 2.36. The first-order valence-electron chi connectivity index (χ1n) is 4.64. The van der Waals surface area contributed by atoms with Gasteiger partial charge in [-0.15, -0.1) is 0 Å². The van der Waals surface area contributed by atoms with E-state index in [9.17, 15) is 0 Å². The van der Waals surface area contributed by atoms with E-state index in [1.165, 1.54) is 25.7 Å². The monoisotopic (exact) mass is 151 g/mol. The molecule has 0 saturated carbocycles. The van der Waals surface area contributed by atoms with Gasteiger partial charge in [0.25, 0.3) is 0 Å². The molecule has 0 heterocycles. The van der Waals surface area contributed by atoms with E-state index in [0.717, 1.165) is 6.42 Å². The van der Waals surface area contributed by atoms with Crippen molar-refractivity contribution in [3.63, 3.8) is 0 Å². The third kappa shape index (κ3) is 2.69. The first-order chi connectivity index (χ1) is 5.14. The third-order valence-corrected chi connectivity index (χ3v) is 2.43.